The molecule has 1 fully saturated rings. The highest BCUT2D eigenvalue weighted by molar-refractivity contribution is 7.80. The SMILES string of the molecule is CCN(C(=S)NC1CCCC1)c1cccc(F)c1. The zero-order chi connectivity index (χ0) is 13.0. The van der Waals surface area contributed by atoms with E-state index in [-0.39, 0.29) is 5.82 Å². The molecule has 18 heavy (non-hydrogen) atoms. The van der Waals surface area contributed by atoms with Gasteiger partial charge in [0.2, 0.25) is 0 Å². The molecule has 0 atom stereocenters. The molecule has 1 aromatic rings. The number of hydrogen-bond donors (Lipinski definition) is 1. The average Bonchev–Trinajstić information content (AvgIpc) is 2.83. The van der Waals surface area contributed by atoms with Crippen LogP contribution in [0.2, 0.25) is 0 Å². The molecule has 2 nitrogen and oxygen atoms in total. The van der Waals surface area contributed by atoms with Gasteiger partial charge in [-0.05, 0) is 50.2 Å². The smallest absolute Gasteiger partial charge is 0.173 e. The molecule has 0 aliphatic heterocycles. The van der Waals surface area contributed by atoms with Gasteiger partial charge in [-0.15, -0.1) is 0 Å². The van der Waals surface area contributed by atoms with Crippen LogP contribution in [0.4, 0.5) is 10.1 Å². The van der Waals surface area contributed by atoms with Crippen molar-refractivity contribution < 1.29 is 4.39 Å². The Kier molecular flexibility index (Phi) is 4.53. The normalized spacial score (nSPS) is 15.7. The van der Waals surface area contributed by atoms with Gasteiger partial charge in [-0.25, -0.2) is 4.39 Å². The van der Waals surface area contributed by atoms with E-state index in [1.54, 1.807) is 6.07 Å². The predicted octanol–water partition coefficient (Wildman–Crippen LogP) is 3.47. The van der Waals surface area contributed by atoms with Gasteiger partial charge in [0, 0.05) is 18.3 Å². The first-order chi connectivity index (χ1) is 8.70. The van der Waals surface area contributed by atoms with E-state index in [2.05, 4.69) is 5.32 Å². The quantitative estimate of drug-likeness (QED) is 0.843. The molecule has 0 bridgehead atoms. The Morgan fingerprint density at radius 1 is 1.44 bits per heavy atom. The molecule has 0 radical (unpaired) electrons. The van der Waals surface area contributed by atoms with Crippen LogP contribution in [0.3, 0.4) is 0 Å². The average molecular weight is 266 g/mol. The van der Waals surface area contributed by atoms with Crippen molar-refractivity contribution in [1.29, 1.82) is 0 Å². The van der Waals surface area contributed by atoms with Crippen LogP contribution < -0.4 is 10.2 Å². The number of rotatable bonds is 3. The molecule has 0 amide bonds. The second-order valence-electron chi connectivity index (χ2n) is 4.66. The summed E-state index contributed by atoms with van der Waals surface area (Å²) in [5.41, 5.74) is 0.813. The Labute approximate surface area is 113 Å². The van der Waals surface area contributed by atoms with Crippen LogP contribution >= 0.6 is 12.2 Å². The van der Waals surface area contributed by atoms with E-state index in [0.717, 1.165) is 12.2 Å². The number of anilines is 1. The van der Waals surface area contributed by atoms with E-state index in [9.17, 15) is 4.39 Å². The van der Waals surface area contributed by atoms with Gasteiger partial charge in [0.05, 0.1) is 0 Å². The summed E-state index contributed by atoms with van der Waals surface area (Å²) in [5.74, 6) is -0.227. The van der Waals surface area contributed by atoms with Crippen molar-refractivity contribution in [2.24, 2.45) is 0 Å². The van der Waals surface area contributed by atoms with E-state index in [1.807, 2.05) is 17.9 Å². The maximum atomic E-state index is 13.2. The molecule has 0 unspecified atom stereocenters. The fraction of sp³-hybridized carbons (Fsp3) is 0.500. The van der Waals surface area contributed by atoms with Gasteiger partial charge in [-0.2, -0.15) is 0 Å². The standard InChI is InChI=1S/C14H19FN2S/c1-2-17(13-9-5-6-11(15)10-13)14(18)16-12-7-3-4-8-12/h5-6,9-10,12H,2-4,7-8H2,1H3,(H,16,18). The van der Waals surface area contributed by atoms with Crippen molar-refractivity contribution in [3.63, 3.8) is 0 Å². The minimum atomic E-state index is -0.227. The Balaban J connectivity index is 2.05. The fourth-order valence-electron chi connectivity index (χ4n) is 2.41. The summed E-state index contributed by atoms with van der Waals surface area (Å²) < 4.78 is 13.2. The third-order valence-corrected chi connectivity index (χ3v) is 3.70. The van der Waals surface area contributed by atoms with Crippen LogP contribution in [0.5, 0.6) is 0 Å². The van der Waals surface area contributed by atoms with Crippen LogP contribution in [0.1, 0.15) is 32.6 Å². The van der Waals surface area contributed by atoms with Gasteiger partial charge in [-0.3, -0.25) is 0 Å². The lowest BCUT2D eigenvalue weighted by Crippen LogP contribution is -2.43. The minimum absolute atomic E-state index is 0.227. The zero-order valence-corrected chi connectivity index (χ0v) is 11.5. The summed E-state index contributed by atoms with van der Waals surface area (Å²) in [4.78, 5) is 1.94. The van der Waals surface area contributed by atoms with Crippen molar-refractivity contribution in [3.8, 4) is 0 Å². The van der Waals surface area contributed by atoms with Crippen LogP contribution in [-0.4, -0.2) is 17.7 Å². The minimum Gasteiger partial charge on any atom is -0.360 e. The number of benzene rings is 1. The zero-order valence-electron chi connectivity index (χ0n) is 10.7. The van der Waals surface area contributed by atoms with E-state index in [4.69, 9.17) is 12.2 Å². The van der Waals surface area contributed by atoms with E-state index in [0.29, 0.717) is 11.2 Å². The maximum absolute atomic E-state index is 13.2. The Morgan fingerprint density at radius 2 is 2.17 bits per heavy atom. The van der Waals surface area contributed by atoms with Crippen LogP contribution in [0.25, 0.3) is 0 Å². The molecular weight excluding hydrogens is 247 g/mol. The first-order valence-corrected chi connectivity index (χ1v) is 6.95. The van der Waals surface area contributed by atoms with Crippen molar-refractivity contribution in [3.05, 3.63) is 30.1 Å². The van der Waals surface area contributed by atoms with Crippen molar-refractivity contribution in [1.82, 2.24) is 5.32 Å². The molecule has 4 heteroatoms. The van der Waals surface area contributed by atoms with Crippen molar-refractivity contribution in [2.75, 3.05) is 11.4 Å². The van der Waals surface area contributed by atoms with Gasteiger partial charge in [-0.1, -0.05) is 18.9 Å². The first kappa shape index (κ1) is 13.3. The Bertz CT molecular complexity index is 416. The lowest BCUT2D eigenvalue weighted by Gasteiger charge is -2.26. The molecule has 0 aromatic heterocycles. The molecule has 1 N–H and O–H groups in total. The van der Waals surface area contributed by atoms with Gasteiger partial charge in [0.25, 0.3) is 0 Å². The second kappa shape index (κ2) is 6.14. The van der Waals surface area contributed by atoms with Crippen LogP contribution in [0, 0.1) is 5.82 Å². The van der Waals surface area contributed by atoms with Crippen LogP contribution in [-0.2, 0) is 0 Å². The Hall–Kier alpha value is -1.16. The molecule has 1 saturated carbocycles. The number of hydrogen-bond acceptors (Lipinski definition) is 1. The van der Waals surface area contributed by atoms with E-state index in [1.165, 1.54) is 37.8 Å². The third-order valence-electron chi connectivity index (χ3n) is 3.36. The lowest BCUT2D eigenvalue weighted by molar-refractivity contribution is 0.624. The molecule has 0 saturated heterocycles. The van der Waals surface area contributed by atoms with Crippen molar-refractivity contribution in [2.45, 2.75) is 38.6 Å². The lowest BCUT2D eigenvalue weighted by atomic mass is 10.2. The summed E-state index contributed by atoms with van der Waals surface area (Å²) in [6, 6.07) is 7.05. The molecule has 0 heterocycles. The van der Waals surface area contributed by atoms with Gasteiger partial charge < -0.3 is 10.2 Å². The highest BCUT2D eigenvalue weighted by Crippen LogP contribution is 2.20. The maximum Gasteiger partial charge on any atom is 0.173 e. The largest absolute Gasteiger partial charge is 0.360 e. The number of nitrogens with one attached hydrogen (secondary N) is 1. The van der Waals surface area contributed by atoms with E-state index >= 15 is 0 Å². The molecule has 0 spiro atoms. The molecule has 1 aliphatic rings. The van der Waals surface area contributed by atoms with Gasteiger partial charge in [0.1, 0.15) is 5.82 Å². The predicted molar refractivity (Wildman–Crippen MR) is 77.4 cm³/mol. The highest BCUT2D eigenvalue weighted by atomic mass is 32.1. The molecule has 1 aromatic carbocycles. The molecule has 2 rings (SSSR count). The fourth-order valence-corrected chi connectivity index (χ4v) is 2.81. The molecule has 1 aliphatic carbocycles. The van der Waals surface area contributed by atoms with Crippen molar-refractivity contribution >= 4 is 23.0 Å². The molecular formula is C14H19FN2S. The summed E-state index contributed by atoms with van der Waals surface area (Å²) in [5, 5.41) is 4.09. The number of thiocarbonyl (C=S) groups is 1. The number of halogens is 1. The first-order valence-electron chi connectivity index (χ1n) is 6.54. The van der Waals surface area contributed by atoms with E-state index < -0.39 is 0 Å². The Morgan fingerprint density at radius 3 is 2.78 bits per heavy atom. The molecule has 98 valence electrons. The summed E-state index contributed by atoms with van der Waals surface area (Å²) >= 11 is 5.43. The third kappa shape index (κ3) is 3.19. The summed E-state index contributed by atoms with van der Waals surface area (Å²) in [7, 11) is 0. The van der Waals surface area contributed by atoms with Crippen LogP contribution in [0.15, 0.2) is 24.3 Å². The topological polar surface area (TPSA) is 15.3 Å². The number of nitrogens with zero attached hydrogens (tertiary/aromatic N) is 1. The highest BCUT2D eigenvalue weighted by Gasteiger charge is 2.18. The van der Waals surface area contributed by atoms with Gasteiger partial charge in [0.15, 0.2) is 5.11 Å². The monoisotopic (exact) mass is 266 g/mol. The van der Waals surface area contributed by atoms with Gasteiger partial charge >= 0.3 is 0 Å². The summed E-state index contributed by atoms with van der Waals surface area (Å²) in [6.07, 6.45) is 4.90. The summed E-state index contributed by atoms with van der Waals surface area (Å²) in [6.45, 7) is 2.76. The second-order valence-corrected chi connectivity index (χ2v) is 5.04.